The van der Waals surface area contributed by atoms with Crippen molar-refractivity contribution in [2.24, 2.45) is 0 Å². The molecule has 0 aliphatic heterocycles. The first-order valence-electron chi connectivity index (χ1n) is 8.41. The molecule has 0 aromatic heterocycles. The molecule has 0 spiro atoms. The van der Waals surface area contributed by atoms with Crippen LogP contribution in [0.1, 0.15) is 30.1 Å². The quantitative estimate of drug-likeness (QED) is 0.682. The smallest absolute Gasteiger partial charge is 0.253 e. The van der Waals surface area contributed by atoms with Crippen LogP contribution in [0.15, 0.2) is 42.5 Å². The molecule has 142 valence electrons. The zero-order valence-electron chi connectivity index (χ0n) is 15.2. The van der Waals surface area contributed by atoms with Gasteiger partial charge in [-0.3, -0.25) is 4.79 Å². The van der Waals surface area contributed by atoms with Crippen LogP contribution in [-0.4, -0.2) is 31.3 Å². The van der Waals surface area contributed by atoms with Crippen LogP contribution in [0, 0.1) is 12.3 Å². The maximum absolute atomic E-state index is 12.2. The first-order valence-corrected chi connectivity index (χ1v) is 8.79. The second-order valence-electron chi connectivity index (χ2n) is 6.00. The zero-order valence-corrected chi connectivity index (χ0v) is 16.0. The minimum Gasteiger partial charge on any atom is -0.493 e. The van der Waals surface area contributed by atoms with Gasteiger partial charge in [0.15, 0.2) is 17.6 Å². The molecule has 5 nitrogen and oxygen atoms in total. The summed E-state index contributed by atoms with van der Waals surface area (Å²) in [5, 5.41) is 13.5. The molecule has 0 saturated heterocycles. The Morgan fingerprint density at radius 1 is 1.22 bits per heavy atom. The highest BCUT2D eigenvalue weighted by Gasteiger charge is 2.18. The molecule has 2 atom stereocenters. The molecule has 0 heterocycles. The van der Waals surface area contributed by atoms with E-state index in [1.54, 1.807) is 37.4 Å². The van der Waals surface area contributed by atoms with Gasteiger partial charge in [-0.05, 0) is 41.3 Å². The number of nitrogens with one attached hydrogen (secondary N) is 1. The third kappa shape index (κ3) is 5.65. The molecule has 6 heteroatoms. The molecule has 2 aromatic rings. The van der Waals surface area contributed by atoms with Crippen molar-refractivity contribution in [3.05, 3.63) is 58.6 Å². The van der Waals surface area contributed by atoms with Crippen molar-refractivity contribution < 1.29 is 19.4 Å². The van der Waals surface area contributed by atoms with Gasteiger partial charge in [-0.25, -0.2) is 0 Å². The molecule has 0 aliphatic rings. The van der Waals surface area contributed by atoms with Crippen LogP contribution in [0.4, 0.5) is 0 Å². The van der Waals surface area contributed by atoms with Gasteiger partial charge in [0.1, 0.15) is 6.61 Å². The van der Waals surface area contributed by atoms with Crippen molar-refractivity contribution in [2.45, 2.75) is 18.9 Å². The van der Waals surface area contributed by atoms with Crippen LogP contribution >= 0.6 is 11.6 Å². The Kier molecular flexibility index (Phi) is 7.54. The van der Waals surface area contributed by atoms with Gasteiger partial charge in [-0.1, -0.05) is 42.6 Å². The van der Waals surface area contributed by atoms with Gasteiger partial charge in [-0.15, -0.1) is 6.42 Å². The van der Waals surface area contributed by atoms with Gasteiger partial charge >= 0.3 is 0 Å². The number of terminal acetylenes is 1. The molecule has 0 bridgehead atoms. The Morgan fingerprint density at radius 2 is 1.89 bits per heavy atom. The first-order chi connectivity index (χ1) is 13.0. The summed E-state index contributed by atoms with van der Waals surface area (Å²) in [7, 11) is 1.55. The summed E-state index contributed by atoms with van der Waals surface area (Å²) in [6.45, 7) is 2.48. The van der Waals surface area contributed by atoms with Gasteiger partial charge in [-0.2, -0.15) is 0 Å². The lowest BCUT2D eigenvalue weighted by Gasteiger charge is -2.17. The third-order valence-corrected chi connectivity index (χ3v) is 4.34. The fraction of sp³-hybridized carbons (Fsp3) is 0.286. The van der Waals surface area contributed by atoms with E-state index < -0.39 is 12.0 Å². The zero-order chi connectivity index (χ0) is 19.8. The summed E-state index contributed by atoms with van der Waals surface area (Å²) in [5.74, 6) is 3.08. The summed E-state index contributed by atoms with van der Waals surface area (Å²) in [5.41, 5.74) is 1.45. The molecule has 27 heavy (non-hydrogen) atoms. The number of carbonyl (C=O) groups is 1. The number of hydrogen-bond acceptors (Lipinski definition) is 4. The van der Waals surface area contributed by atoms with E-state index in [9.17, 15) is 9.90 Å². The SMILES string of the molecule is C#CCOc1ccc([C@@H](C)CNC(=O)C(O)c2ccc(Cl)cc2)cc1OC. The number of benzene rings is 2. The van der Waals surface area contributed by atoms with Crippen molar-refractivity contribution in [1.82, 2.24) is 5.32 Å². The largest absolute Gasteiger partial charge is 0.493 e. The average Bonchev–Trinajstić information content (AvgIpc) is 2.70. The summed E-state index contributed by atoms with van der Waals surface area (Å²) in [6, 6.07) is 12.0. The highest BCUT2D eigenvalue weighted by molar-refractivity contribution is 6.30. The number of carbonyl (C=O) groups excluding carboxylic acids is 1. The lowest BCUT2D eigenvalue weighted by atomic mass is 10.00. The number of methoxy groups -OCH3 is 1. The molecule has 2 rings (SSSR count). The van der Waals surface area contributed by atoms with E-state index in [0.717, 1.165) is 5.56 Å². The number of aliphatic hydroxyl groups excluding tert-OH is 1. The molecule has 0 radical (unpaired) electrons. The maximum Gasteiger partial charge on any atom is 0.253 e. The molecular formula is C21H22ClNO4. The normalized spacial score (nSPS) is 12.6. The lowest BCUT2D eigenvalue weighted by Crippen LogP contribution is -2.32. The Balaban J connectivity index is 1.98. The van der Waals surface area contributed by atoms with E-state index in [1.807, 2.05) is 19.1 Å². The Bertz CT molecular complexity index is 814. The maximum atomic E-state index is 12.2. The van der Waals surface area contributed by atoms with E-state index in [4.69, 9.17) is 27.5 Å². The minimum absolute atomic E-state index is 0.00181. The van der Waals surface area contributed by atoms with Crippen molar-refractivity contribution in [3.8, 4) is 23.8 Å². The Morgan fingerprint density at radius 3 is 2.52 bits per heavy atom. The van der Waals surface area contributed by atoms with Gasteiger partial charge in [0.2, 0.25) is 0 Å². The fourth-order valence-corrected chi connectivity index (χ4v) is 2.62. The predicted molar refractivity (Wildman–Crippen MR) is 105 cm³/mol. The molecule has 0 saturated carbocycles. The van der Waals surface area contributed by atoms with Crippen molar-refractivity contribution in [1.29, 1.82) is 0 Å². The van der Waals surface area contributed by atoms with E-state index >= 15 is 0 Å². The molecule has 1 unspecified atom stereocenters. The number of ether oxygens (including phenoxy) is 2. The second kappa shape index (κ2) is 9.86. The second-order valence-corrected chi connectivity index (χ2v) is 6.44. The molecular weight excluding hydrogens is 366 g/mol. The Hall–Kier alpha value is -2.68. The average molecular weight is 388 g/mol. The molecule has 0 fully saturated rings. The Labute approximate surface area is 164 Å². The first kappa shape index (κ1) is 20.6. The highest BCUT2D eigenvalue weighted by Crippen LogP contribution is 2.30. The fourth-order valence-electron chi connectivity index (χ4n) is 2.49. The van der Waals surface area contributed by atoms with Crippen LogP contribution in [-0.2, 0) is 4.79 Å². The predicted octanol–water partition coefficient (Wildman–Crippen LogP) is 3.31. The standard InChI is InChI=1S/C21H22ClNO4/c1-4-11-27-18-10-7-16(12-19(18)26-3)14(2)13-23-21(25)20(24)15-5-8-17(22)9-6-15/h1,5-10,12,14,20,24H,11,13H2,2-3H3,(H,23,25)/t14-,20?/m0/s1. The molecule has 0 aliphatic carbocycles. The van der Waals surface area contributed by atoms with Gasteiger partial charge in [0, 0.05) is 11.6 Å². The summed E-state index contributed by atoms with van der Waals surface area (Å²) < 4.78 is 10.8. The van der Waals surface area contributed by atoms with Crippen molar-refractivity contribution in [2.75, 3.05) is 20.3 Å². The van der Waals surface area contributed by atoms with E-state index in [2.05, 4.69) is 11.2 Å². The van der Waals surface area contributed by atoms with Gasteiger partial charge < -0.3 is 19.9 Å². The number of halogens is 1. The third-order valence-electron chi connectivity index (χ3n) is 4.08. The number of hydrogen-bond donors (Lipinski definition) is 2. The van der Waals surface area contributed by atoms with Crippen LogP contribution in [0.25, 0.3) is 0 Å². The lowest BCUT2D eigenvalue weighted by molar-refractivity contribution is -0.129. The van der Waals surface area contributed by atoms with Crippen molar-refractivity contribution in [3.63, 3.8) is 0 Å². The van der Waals surface area contributed by atoms with Crippen LogP contribution in [0.3, 0.4) is 0 Å². The van der Waals surface area contributed by atoms with Crippen LogP contribution < -0.4 is 14.8 Å². The molecule has 2 aromatic carbocycles. The van der Waals surface area contributed by atoms with Crippen molar-refractivity contribution >= 4 is 17.5 Å². The monoisotopic (exact) mass is 387 g/mol. The van der Waals surface area contributed by atoms with E-state index in [-0.39, 0.29) is 12.5 Å². The number of amides is 1. The van der Waals surface area contributed by atoms with Crippen LogP contribution in [0.2, 0.25) is 5.02 Å². The topological polar surface area (TPSA) is 67.8 Å². The number of aliphatic hydroxyl groups is 1. The minimum atomic E-state index is -1.25. The van der Waals surface area contributed by atoms with Crippen LogP contribution in [0.5, 0.6) is 11.5 Å². The molecule has 2 N–H and O–H groups in total. The van der Waals surface area contributed by atoms with Gasteiger partial charge in [0.05, 0.1) is 7.11 Å². The van der Waals surface area contributed by atoms with E-state index in [0.29, 0.717) is 28.6 Å². The number of rotatable bonds is 8. The summed E-state index contributed by atoms with van der Waals surface area (Å²) in [4.78, 5) is 12.2. The van der Waals surface area contributed by atoms with Gasteiger partial charge in [0.25, 0.3) is 5.91 Å². The summed E-state index contributed by atoms with van der Waals surface area (Å²) >= 11 is 5.82. The summed E-state index contributed by atoms with van der Waals surface area (Å²) in [6.07, 6.45) is 3.96. The van der Waals surface area contributed by atoms with E-state index in [1.165, 1.54) is 0 Å². The highest BCUT2D eigenvalue weighted by atomic mass is 35.5. The molecule has 1 amide bonds.